The van der Waals surface area contributed by atoms with E-state index in [-0.39, 0.29) is 11.6 Å². The number of hydrogen-bond acceptors (Lipinski definition) is 6. The molecule has 0 aliphatic carbocycles. The molecule has 164 valence electrons. The zero-order chi connectivity index (χ0) is 22.3. The number of rotatable bonds is 9. The molecular formula is C25H25N3O4. The molecule has 1 aliphatic rings. The van der Waals surface area contributed by atoms with Crippen LogP contribution in [0.5, 0.6) is 17.2 Å². The summed E-state index contributed by atoms with van der Waals surface area (Å²) in [5.74, 6) is 1.64. The average molecular weight is 431 g/mol. The molecule has 0 saturated heterocycles. The molecule has 7 nitrogen and oxygen atoms in total. The van der Waals surface area contributed by atoms with Crippen molar-refractivity contribution in [3.05, 3.63) is 94.0 Å². The molecule has 0 bridgehead atoms. The second-order valence-corrected chi connectivity index (χ2v) is 7.72. The minimum absolute atomic E-state index is 0.0126. The number of nitro groups is 1. The molecule has 3 aromatic rings. The van der Waals surface area contributed by atoms with E-state index in [0.717, 1.165) is 30.8 Å². The van der Waals surface area contributed by atoms with Gasteiger partial charge in [-0.2, -0.15) is 0 Å². The van der Waals surface area contributed by atoms with E-state index in [2.05, 4.69) is 16.8 Å². The van der Waals surface area contributed by atoms with Crippen LogP contribution in [0.2, 0.25) is 0 Å². The Morgan fingerprint density at radius 3 is 2.50 bits per heavy atom. The van der Waals surface area contributed by atoms with E-state index in [0.29, 0.717) is 23.9 Å². The van der Waals surface area contributed by atoms with Gasteiger partial charge in [0.2, 0.25) is 0 Å². The SMILES string of the molecule is CC(CN1C=NCC1)c1ccc([N+](=O)[O-])cc1Oc1ccccc1OCc1ccccc1. The number of para-hydroxylation sites is 2. The quantitative estimate of drug-likeness (QED) is 0.334. The summed E-state index contributed by atoms with van der Waals surface area (Å²) in [5, 5.41) is 11.4. The molecule has 0 fully saturated rings. The van der Waals surface area contributed by atoms with Crippen LogP contribution in [0.4, 0.5) is 5.69 Å². The van der Waals surface area contributed by atoms with E-state index >= 15 is 0 Å². The lowest BCUT2D eigenvalue weighted by molar-refractivity contribution is -0.384. The van der Waals surface area contributed by atoms with Gasteiger partial charge in [-0.05, 0) is 29.3 Å². The zero-order valence-corrected chi connectivity index (χ0v) is 17.9. The van der Waals surface area contributed by atoms with Crippen LogP contribution in [0.1, 0.15) is 24.0 Å². The molecular weight excluding hydrogens is 406 g/mol. The first-order valence-corrected chi connectivity index (χ1v) is 10.6. The lowest BCUT2D eigenvalue weighted by atomic mass is 9.99. The summed E-state index contributed by atoms with van der Waals surface area (Å²) in [4.78, 5) is 17.4. The van der Waals surface area contributed by atoms with Gasteiger partial charge in [-0.15, -0.1) is 0 Å². The van der Waals surface area contributed by atoms with Crippen LogP contribution in [-0.4, -0.2) is 35.8 Å². The fourth-order valence-electron chi connectivity index (χ4n) is 3.65. The van der Waals surface area contributed by atoms with Crippen LogP contribution in [0.25, 0.3) is 0 Å². The summed E-state index contributed by atoms with van der Waals surface area (Å²) in [5.41, 5.74) is 1.93. The minimum Gasteiger partial charge on any atom is -0.485 e. The maximum Gasteiger partial charge on any atom is 0.273 e. The van der Waals surface area contributed by atoms with Gasteiger partial charge in [-0.1, -0.05) is 49.4 Å². The molecule has 7 heteroatoms. The lowest BCUT2D eigenvalue weighted by Gasteiger charge is -2.22. The molecule has 32 heavy (non-hydrogen) atoms. The summed E-state index contributed by atoms with van der Waals surface area (Å²) in [7, 11) is 0. The van der Waals surface area contributed by atoms with Crippen molar-refractivity contribution in [2.75, 3.05) is 19.6 Å². The predicted octanol–water partition coefficient (Wildman–Crippen LogP) is 5.41. The highest BCUT2D eigenvalue weighted by Crippen LogP contribution is 2.38. The lowest BCUT2D eigenvalue weighted by Crippen LogP contribution is -2.24. The van der Waals surface area contributed by atoms with E-state index in [1.807, 2.05) is 54.9 Å². The van der Waals surface area contributed by atoms with Gasteiger partial charge in [0.05, 0.1) is 23.9 Å². The van der Waals surface area contributed by atoms with Crippen molar-refractivity contribution in [1.82, 2.24) is 4.90 Å². The molecule has 1 atom stereocenters. The summed E-state index contributed by atoms with van der Waals surface area (Å²) in [6, 6.07) is 22.0. The maximum atomic E-state index is 11.4. The van der Waals surface area contributed by atoms with Crippen molar-refractivity contribution in [2.45, 2.75) is 19.4 Å². The van der Waals surface area contributed by atoms with Gasteiger partial charge in [0.15, 0.2) is 11.5 Å². The highest BCUT2D eigenvalue weighted by atomic mass is 16.6. The topological polar surface area (TPSA) is 77.2 Å². The van der Waals surface area contributed by atoms with E-state index in [4.69, 9.17) is 9.47 Å². The average Bonchev–Trinajstić information content (AvgIpc) is 3.32. The Labute approximate surface area is 187 Å². The fourth-order valence-corrected chi connectivity index (χ4v) is 3.65. The van der Waals surface area contributed by atoms with Crippen molar-refractivity contribution >= 4 is 12.0 Å². The van der Waals surface area contributed by atoms with Crippen molar-refractivity contribution in [3.8, 4) is 17.2 Å². The smallest absolute Gasteiger partial charge is 0.273 e. The highest BCUT2D eigenvalue weighted by molar-refractivity contribution is 5.57. The largest absolute Gasteiger partial charge is 0.485 e. The second-order valence-electron chi connectivity index (χ2n) is 7.72. The van der Waals surface area contributed by atoms with E-state index in [1.54, 1.807) is 12.1 Å². The summed E-state index contributed by atoms with van der Waals surface area (Å²) < 4.78 is 12.2. The van der Waals surface area contributed by atoms with Crippen LogP contribution in [0.3, 0.4) is 0 Å². The molecule has 3 aromatic carbocycles. The molecule has 4 rings (SSSR count). The van der Waals surface area contributed by atoms with E-state index in [9.17, 15) is 10.1 Å². The number of nitrogens with zero attached hydrogens (tertiary/aromatic N) is 3. The van der Waals surface area contributed by atoms with Gasteiger partial charge in [0, 0.05) is 25.1 Å². The van der Waals surface area contributed by atoms with Crippen molar-refractivity contribution < 1.29 is 14.4 Å². The minimum atomic E-state index is -0.410. The van der Waals surface area contributed by atoms with Crippen molar-refractivity contribution in [2.24, 2.45) is 4.99 Å². The van der Waals surface area contributed by atoms with Gasteiger partial charge in [0.25, 0.3) is 5.69 Å². The maximum absolute atomic E-state index is 11.4. The van der Waals surface area contributed by atoms with Crippen LogP contribution in [0, 0.1) is 10.1 Å². The van der Waals surface area contributed by atoms with Gasteiger partial charge < -0.3 is 14.4 Å². The summed E-state index contributed by atoms with van der Waals surface area (Å²) in [6.45, 7) is 4.90. The molecule has 0 aromatic heterocycles. The number of aliphatic imine (C=N–C) groups is 1. The summed E-state index contributed by atoms with van der Waals surface area (Å²) in [6.07, 6.45) is 1.86. The standard InChI is InChI=1S/C25H25N3O4/c1-19(16-27-14-13-26-18-27)22-12-11-21(28(29)30)15-25(22)32-24-10-6-5-9-23(24)31-17-20-7-3-2-4-8-20/h2-12,15,18-19H,13-14,16-17H2,1H3. The monoisotopic (exact) mass is 431 g/mol. The van der Waals surface area contributed by atoms with Crippen LogP contribution in [0.15, 0.2) is 77.8 Å². The first-order valence-electron chi connectivity index (χ1n) is 10.6. The van der Waals surface area contributed by atoms with Gasteiger partial charge in [-0.25, -0.2) is 0 Å². The third-order valence-corrected chi connectivity index (χ3v) is 5.31. The van der Waals surface area contributed by atoms with E-state index in [1.165, 1.54) is 12.1 Å². The van der Waals surface area contributed by atoms with Crippen molar-refractivity contribution in [3.63, 3.8) is 0 Å². The Hall–Kier alpha value is -3.87. The third kappa shape index (κ3) is 5.24. The fraction of sp³-hybridized carbons (Fsp3) is 0.240. The molecule has 1 unspecified atom stereocenters. The van der Waals surface area contributed by atoms with Crippen LogP contribution < -0.4 is 9.47 Å². The number of ether oxygens (including phenoxy) is 2. The Kier molecular flexibility index (Phi) is 6.65. The van der Waals surface area contributed by atoms with Crippen LogP contribution >= 0.6 is 0 Å². The van der Waals surface area contributed by atoms with Gasteiger partial charge >= 0.3 is 0 Å². The number of benzene rings is 3. The molecule has 0 amide bonds. The third-order valence-electron chi connectivity index (χ3n) is 5.31. The highest BCUT2D eigenvalue weighted by Gasteiger charge is 2.20. The molecule has 0 radical (unpaired) electrons. The van der Waals surface area contributed by atoms with Crippen molar-refractivity contribution in [1.29, 1.82) is 0 Å². The van der Waals surface area contributed by atoms with Gasteiger partial charge in [0.1, 0.15) is 12.4 Å². The first-order chi connectivity index (χ1) is 15.6. The Bertz CT molecular complexity index is 1100. The number of nitro benzene ring substituents is 1. The Morgan fingerprint density at radius 2 is 1.78 bits per heavy atom. The Balaban J connectivity index is 1.59. The zero-order valence-electron chi connectivity index (χ0n) is 17.9. The number of hydrogen-bond donors (Lipinski definition) is 0. The normalized spacial score (nSPS) is 13.7. The first kappa shape index (κ1) is 21.4. The van der Waals surface area contributed by atoms with Gasteiger partial charge in [-0.3, -0.25) is 15.1 Å². The molecule has 1 heterocycles. The Morgan fingerprint density at radius 1 is 1.03 bits per heavy atom. The molecule has 1 aliphatic heterocycles. The number of non-ortho nitro benzene ring substituents is 1. The predicted molar refractivity (Wildman–Crippen MR) is 124 cm³/mol. The summed E-state index contributed by atoms with van der Waals surface area (Å²) >= 11 is 0. The molecule has 0 saturated carbocycles. The molecule has 0 spiro atoms. The molecule has 0 N–H and O–H groups in total. The second kappa shape index (κ2) is 9.96. The van der Waals surface area contributed by atoms with E-state index < -0.39 is 4.92 Å². The van der Waals surface area contributed by atoms with Crippen LogP contribution in [-0.2, 0) is 6.61 Å².